The first-order valence-corrected chi connectivity index (χ1v) is 6.03. The Bertz CT molecular complexity index is 544. The van der Waals surface area contributed by atoms with Crippen molar-refractivity contribution in [2.45, 2.75) is 19.9 Å². The molecule has 100 valence electrons. The molecule has 19 heavy (non-hydrogen) atoms. The van der Waals surface area contributed by atoms with Gasteiger partial charge in [0.1, 0.15) is 11.3 Å². The second-order valence-electron chi connectivity index (χ2n) is 4.32. The van der Waals surface area contributed by atoms with Crippen molar-refractivity contribution < 1.29 is 14.4 Å². The lowest BCUT2D eigenvalue weighted by atomic mass is 10.1. The molecule has 2 N–H and O–H groups in total. The van der Waals surface area contributed by atoms with Crippen molar-refractivity contribution >= 4 is 5.91 Å². The maximum atomic E-state index is 12.2. The highest BCUT2D eigenvalue weighted by atomic mass is 16.5. The minimum atomic E-state index is -0.442. The molecule has 0 radical (unpaired) electrons. The maximum Gasteiger partial charge on any atom is 0.257 e. The van der Waals surface area contributed by atoms with E-state index < -0.39 is 6.04 Å². The second-order valence-corrected chi connectivity index (χ2v) is 4.32. The Morgan fingerprint density at radius 3 is 2.58 bits per heavy atom. The van der Waals surface area contributed by atoms with Crippen LogP contribution in [0.2, 0.25) is 0 Å². The van der Waals surface area contributed by atoms with Gasteiger partial charge in [-0.1, -0.05) is 35.5 Å². The Labute approximate surface area is 111 Å². The summed E-state index contributed by atoms with van der Waals surface area (Å²) in [4.78, 5) is 12.2. The molecule has 0 aliphatic rings. The lowest BCUT2D eigenvalue weighted by molar-refractivity contribution is 0.0914. The number of amides is 1. The summed E-state index contributed by atoms with van der Waals surface area (Å²) in [5.74, 6) is 0.180. The Hall–Kier alpha value is -2.14. The minimum absolute atomic E-state index is 0.168. The molecule has 0 spiro atoms. The number of nitrogens with zero attached hydrogens (tertiary/aromatic N) is 1. The van der Waals surface area contributed by atoms with E-state index in [4.69, 9.17) is 4.52 Å². The topological polar surface area (TPSA) is 75.4 Å². The van der Waals surface area contributed by atoms with Crippen molar-refractivity contribution in [3.63, 3.8) is 0 Å². The van der Waals surface area contributed by atoms with Gasteiger partial charge in [-0.15, -0.1) is 0 Å². The first-order valence-electron chi connectivity index (χ1n) is 6.03. The predicted molar refractivity (Wildman–Crippen MR) is 69.7 cm³/mol. The minimum Gasteiger partial charge on any atom is -0.394 e. The highest BCUT2D eigenvalue weighted by Crippen LogP contribution is 2.16. The van der Waals surface area contributed by atoms with Gasteiger partial charge < -0.3 is 14.9 Å². The van der Waals surface area contributed by atoms with Crippen LogP contribution in [0.3, 0.4) is 0 Å². The maximum absolute atomic E-state index is 12.2. The molecule has 1 aromatic carbocycles. The van der Waals surface area contributed by atoms with Gasteiger partial charge in [0.25, 0.3) is 5.91 Å². The van der Waals surface area contributed by atoms with Gasteiger partial charge in [-0.25, -0.2) is 0 Å². The van der Waals surface area contributed by atoms with Crippen LogP contribution in [0.25, 0.3) is 0 Å². The Morgan fingerprint density at radius 2 is 2.05 bits per heavy atom. The molecule has 5 heteroatoms. The number of rotatable bonds is 4. The van der Waals surface area contributed by atoms with Crippen LogP contribution < -0.4 is 5.32 Å². The molecule has 0 unspecified atom stereocenters. The van der Waals surface area contributed by atoms with Gasteiger partial charge in [-0.3, -0.25) is 4.79 Å². The number of benzene rings is 1. The van der Waals surface area contributed by atoms with Crippen LogP contribution in [0.15, 0.2) is 34.9 Å². The molecule has 0 aliphatic heterocycles. The average molecular weight is 260 g/mol. The molecule has 5 nitrogen and oxygen atoms in total. The average Bonchev–Trinajstić information content (AvgIpc) is 2.76. The van der Waals surface area contributed by atoms with Crippen LogP contribution in [0.1, 0.15) is 33.4 Å². The SMILES string of the molecule is Cc1noc(C)c1C(=O)N[C@H](CO)c1ccccc1. The van der Waals surface area contributed by atoms with Crippen molar-refractivity contribution in [1.29, 1.82) is 0 Å². The molecule has 0 bridgehead atoms. The van der Waals surface area contributed by atoms with E-state index in [2.05, 4.69) is 10.5 Å². The van der Waals surface area contributed by atoms with Crippen molar-refractivity contribution in [2.75, 3.05) is 6.61 Å². The molecule has 0 saturated heterocycles. The van der Waals surface area contributed by atoms with E-state index in [1.807, 2.05) is 30.3 Å². The molecular weight excluding hydrogens is 244 g/mol. The zero-order valence-corrected chi connectivity index (χ0v) is 10.9. The van der Waals surface area contributed by atoms with Gasteiger partial charge in [0.05, 0.1) is 18.3 Å². The third-order valence-corrected chi connectivity index (χ3v) is 2.95. The number of hydrogen-bond donors (Lipinski definition) is 2. The lowest BCUT2D eigenvalue weighted by Gasteiger charge is -2.16. The fraction of sp³-hybridized carbons (Fsp3) is 0.286. The van der Waals surface area contributed by atoms with Crippen LogP contribution in [0.4, 0.5) is 0 Å². The summed E-state index contributed by atoms with van der Waals surface area (Å²) in [5.41, 5.74) is 1.82. The molecule has 2 aromatic rings. The largest absolute Gasteiger partial charge is 0.394 e. The van der Waals surface area contributed by atoms with E-state index in [-0.39, 0.29) is 12.5 Å². The number of hydrogen-bond acceptors (Lipinski definition) is 4. The van der Waals surface area contributed by atoms with E-state index in [9.17, 15) is 9.90 Å². The zero-order valence-electron chi connectivity index (χ0n) is 10.9. The van der Waals surface area contributed by atoms with Crippen LogP contribution in [0, 0.1) is 13.8 Å². The summed E-state index contributed by atoms with van der Waals surface area (Å²) in [6, 6.07) is 8.87. The van der Waals surface area contributed by atoms with E-state index in [1.54, 1.807) is 13.8 Å². The van der Waals surface area contributed by atoms with Crippen LogP contribution in [-0.4, -0.2) is 22.8 Å². The molecule has 1 heterocycles. The fourth-order valence-electron chi connectivity index (χ4n) is 1.96. The quantitative estimate of drug-likeness (QED) is 0.878. The number of aliphatic hydroxyl groups excluding tert-OH is 1. The lowest BCUT2D eigenvalue weighted by Crippen LogP contribution is -2.31. The number of carbonyl (C=O) groups excluding carboxylic acids is 1. The van der Waals surface area contributed by atoms with Gasteiger partial charge in [0, 0.05) is 0 Å². The molecule has 0 saturated carbocycles. The van der Waals surface area contributed by atoms with E-state index >= 15 is 0 Å². The summed E-state index contributed by atoms with van der Waals surface area (Å²) in [6.45, 7) is 3.23. The number of aromatic nitrogens is 1. The van der Waals surface area contributed by atoms with Gasteiger partial charge in [-0.2, -0.15) is 0 Å². The molecule has 0 fully saturated rings. The molecule has 1 amide bonds. The summed E-state index contributed by atoms with van der Waals surface area (Å²) in [6.07, 6.45) is 0. The number of carbonyl (C=O) groups is 1. The van der Waals surface area contributed by atoms with Crippen molar-refractivity contribution in [3.8, 4) is 0 Å². The van der Waals surface area contributed by atoms with E-state index in [0.29, 0.717) is 17.0 Å². The second kappa shape index (κ2) is 5.67. The highest BCUT2D eigenvalue weighted by Gasteiger charge is 2.21. The summed E-state index contributed by atoms with van der Waals surface area (Å²) in [7, 11) is 0. The van der Waals surface area contributed by atoms with Gasteiger partial charge in [-0.05, 0) is 19.4 Å². The van der Waals surface area contributed by atoms with E-state index in [1.165, 1.54) is 0 Å². The van der Waals surface area contributed by atoms with Gasteiger partial charge >= 0.3 is 0 Å². The highest BCUT2D eigenvalue weighted by molar-refractivity contribution is 5.96. The van der Waals surface area contributed by atoms with Crippen molar-refractivity contribution in [3.05, 3.63) is 52.9 Å². The number of nitrogens with one attached hydrogen (secondary N) is 1. The number of aliphatic hydroxyl groups is 1. The predicted octanol–water partition coefficient (Wildman–Crippen LogP) is 1.75. The monoisotopic (exact) mass is 260 g/mol. The first kappa shape index (κ1) is 13.3. The Balaban J connectivity index is 2.18. The smallest absolute Gasteiger partial charge is 0.257 e. The Morgan fingerprint density at radius 1 is 1.37 bits per heavy atom. The third-order valence-electron chi connectivity index (χ3n) is 2.95. The molecule has 0 aliphatic carbocycles. The third kappa shape index (κ3) is 2.82. The van der Waals surface area contributed by atoms with Gasteiger partial charge in [0.2, 0.25) is 0 Å². The Kier molecular flexibility index (Phi) is 3.97. The summed E-state index contributed by atoms with van der Waals surface area (Å²) in [5, 5.41) is 15.9. The van der Waals surface area contributed by atoms with Crippen LogP contribution in [-0.2, 0) is 0 Å². The van der Waals surface area contributed by atoms with E-state index in [0.717, 1.165) is 5.56 Å². The standard InChI is InChI=1S/C14H16N2O3/c1-9-13(10(2)19-16-9)14(18)15-12(8-17)11-6-4-3-5-7-11/h3-7,12,17H,8H2,1-2H3,(H,15,18)/t12-/m1/s1. The summed E-state index contributed by atoms with van der Waals surface area (Å²) < 4.78 is 4.96. The van der Waals surface area contributed by atoms with Crippen LogP contribution >= 0.6 is 0 Å². The molecule has 1 aromatic heterocycles. The number of aryl methyl sites for hydroxylation is 2. The first-order chi connectivity index (χ1) is 9.13. The van der Waals surface area contributed by atoms with Gasteiger partial charge in [0.15, 0.2) is 0 Å². The van der Waals surface area contributed by atoms with Crippen molar-refractivity contribution in [1.82, 2.24) is 10.5 Å². The normalized spacial score (nSPS) is 12.2. The fourth-order valence-corrected chi connectivity index (χ4v) is 1.96. The molecule has 2 rings (SSSR count). The van der Waals surface area contributed by atoms with Crippen molar-refractivity contribution in [2.24, 2.45) is 0 Å². The zero-order chi connectivity index (χ0) is 13.8. The van der Waals surface area contributed by atoms with Crippen LogP contribution in [0.5, 0.6) is 0 Å². The summed E-state index contributed by atoms with van der Waals surface area (Å²) >= 11 is 0. The molecular formula is C14H16N2O3. The molecule has 1 atom stereocenters.